The molecule has 5 nitrogen and oxygen atoms in total. The van der Waals surface area contributed by atoms with Gasteiger partial charge in [0.1, 0.15) is 0 Å². The van der Waals surface area contributed by atoms with Crippen molar-refractivity contribution in [2.45, 2.75) is 16.7 Å². The number of hydrogen-bond donors (Lipinski definition) is 1. The van der Waals surface area contributed by atoms with Gasteiger partial charge in [0.2, 0.25) is 15.7 Å². The van der Waals surface area contributed by atoms with Crippen molar-refractivity contribution in [3.05, 3.63) is 46.9 Å². The lowest BCUT2D eigenvalue weighted by Gasteiger charge is -2.17. The summed E-state index contributed by atoms with van der Waals surface area (Å²) in [4.78, 5) is 13.1. The normalized spacial score (nSPS) is 11.2. The summed E-state index contributed by atoms with van der Waals surface area (Å²) >= 11 is 3.28. The first-order valence-corrected chi connectivity index (χ1v) is 8.65. The van der Waals surface area contributed by atoms with Crippen LogP contribution >= 0.6 is 15.9 Å². The molecule has 2 aromatic rings. The second-order valence-corrected chi connectivity index (χ2v) is 7.66. The van der Waals surface area contributed by atoms with E-state index in [1.54, 1.807) is 13.1 Å². The quantitative estimate of drug-likeness (QED) is 0.827. The van der Waals surface area contributed by atoms with Crippen molar-refractivity contribution in [3.8, 4) is 0 Å². The number of halogens is 1. The third-order valence-electron chi connectivity index (χ3n) is 3.22. The van der Waals surface area contributed by atoms with E-state index >= 15 is 0 Å². The van der Waals surface area contributed by atoms with E-state index in [4.69, 9.17) is 5.73 Å². The lowest BCUT2D eigenvalue weighted by molar-refractivity contribution is -0.116. The molecule has 1 amide bonds. The second-order valence-electron chi connectivity index (χ2n) is 4.80. The molecule has 0 aliphatic carbocycles. The first-order valence-electron chi connectivity index (χ1n) is 6.37. The Kier molecular flexibility index (Phi) is 4.58. The van der Waals surface area contributed by atoms with E-state index in [1.807, 2.05) is 0 Å². The Morgan fingerprint density at radius 1 is 1.09 bits per heavy atom. The van der Waals surface area contributed by atoms with Gasteiger partial charge in [0, 0.05) is 29.8 Å². The molecule has 0 atom stereocenters. The molecule has 0 fully saturated rings. The third-order valence-corrected chi connectivity index (χ3v) is 5.42. The number of amides is 1. The molecule has 0 aromatic heterocycles. The molecule has 116 valence electrons. The Morgan fingerprint density at radius 3 is 2.23 bits per heavy atom. The number of rotatable bonds is 3. The highest BCUT2D eigenvalue weighted by Gasteiger charge is 2.20. The summed E-state index contributed by atoms with van der Waals surface area (Å²) in [6.07, 6.45) is 0. The van der Waals surface area contributed by atoms with Gasteiger partial charge in [-0.3, -0.25) is 4.79 Å². The van der Waals surface area contributed by atoms with E-state index in [0.29, 0.717) is 15.8 Å². The summed E-state index contributed by atoms with van der Waals surface area (Å²) < 4.78 is 25.9. The molecule has 0 unspecified atom stereocenters. The van der Waals surface area contributed by atoms with E-state index in [2.05, 4.69) is 15.9 Å². The molecule has 0 aliphatic rings. The maximum Gasteiger partial charge on any atom is 0.223 e. The van der Waals surface area contributed by atoms with Crippen LogP contribution in [0.25, 0.3) is 0 Å². The van der Waals surface area contributed by atoms with Crippen LogP contribution in [0.3, 0.4) is 0 Å². The average molecular weight is 383 g/mol. The fourth-order valence-electron chi connectivity index (χ4n) is 1.86. The summed E-state index contributed by atoms with van der Waals surface area (Å²) in [6.45, 7) is 1.41. The largest absolute Gasteiger partial charge is 0.399 e. The number of carbonyl (C=O) groups is 1. The third kappa shape index (κ3) is 3.31. The van der Waals surface area contributed by atoms with Crippen molar-refractivity contribution in [3.63, 3.8) is 0 Å². The van der Waals surface area contributed by atoms with Crippen molar-refractivity contribution >= 4 is 43.0 Å². The highest BCUT2D eigenvalue weighted by atomic mass is 79.9. The van der Waals surface area contributed by atoms with Crippen LogP contribution in [0.5, 0.6) is 0 Å². The Bertz CT molecular complexity index is 817. The predicted octanol–water partition coefficient (Wildman–Crippen LogP) is 2.85. The SMILES string of the molecule is CC(=O)N(C)c1cc(Br)cc(S(=O)(=O)c2ccc(N)cc2)c1. The fraction of sp³-hybridized carbons (Fsp3) is 0.133. The van der Waals surface area contributed by atoms with Crippen molar-refractivity contribution < 1.29 is 13.2 Å². The molecule has 0 saturated heterocycles. The minimum Gasteiger partial charge on any atom is -0.399 e. The van der Waals surface area contributed by atoms with E-state index in [1.165, 1.54) is 48.2 Å². The number of nitrogens with two attached hydrogens (primary N) is 1. The van der Waals surface area contributed by atoms with Crippen LogP contribution in [0.1, 0.15) is 6.92 Å². The van der Waals surface area contributed by atoms with Crippen molar-refractivity contribution in [2.24, 2.45) is 0 Å². The monoisotopic (exact) mass is 382 g/mol. The van der Waals surface area contributed by atoms with E-state index in [9.17, 15) is 13.2 Å². The number of hydrogen-bond acceptors (Lipinski definition) is 4. The van der Waals surface area contributed by atoms with Gasteiger partial charge in [-0.1, -0.05) is 15.9 Å². The Labute approximate surface area is 137 Å². The van der Waals surface area contributed by atoms with Crippen LogP contribution in [-0.2, 0) is 14.6 Å². The van der Waals surface area contributed by atoms with E-state index in [0.717, 1.165) is 0 Å². The number of benzene rings is 2. The van der Waals surface area contributed by atoms with Crippen LogP contribution < -0.4 is 10.6 Å². The zero-order valence-corrected chi connectivity index (χ0v) is 14.5. The summed E-state index contributed by atoms with van der Waals surface area (Å²) in [5.74, 6) is -0.186. The first-order chi connectivity index (χ1) is 10.2. The molecule has 2 rings (SSSR count). The molecule has 0 heterocycles. The number of carbonyl (C=O) groups excluding carboxylic acids is 1. The molecule has 0 saturated carbocycles. The first kappa shape index (κ1) is 16.5. The van der Waals surface area contributed by atoms with Gasteiger partial charge in [-0.05, 0) is 42.5 Å². The highest BCUT2D eigenvalue weighted by molar-refractivity contribution is 9.10. The zero-order chi connectivity index (χ0) is 16.5. The van der Waals surface area contributed by atoms with E-state index < -0.39 is 9.84 Å². The standard InChI is InChI=1S/C15H15BrN2O3S/c1-10(19)18(2)13-7-11(16)8-15(9-13)22(20,21)14-5-3-12(17)4-6-14/h3-9H,17H2,1-2H3. The van der Waals surface area contributed by atoms with Crippen molar-refractivity contribution in [1.82, 2.24) is 0 Å². The van der Waals surface area contributed by atoms with Gasteiger partial charge in [-0.25, -0.2) is 8.42 Å². The molecule has 7 heteroatoms. The molecule has 22 heavy (non-hydrogen) atoms. The molecule has 0 spiro atoms. The minimum absolute atomic E-state index is 0.106. The number of sulfone groups is 1. The molecule has 2 aromatic carbocycles. The van der Waals surface area contributed by atoms with Gasteiger partial charge >= 0.3 is 0 Å². The van der Waals surface area contributed by atoms with Crippen molar-refractivity contribution in [2.75, 3.05) is 17.7 Å². The molecular formula is C15H15BrN2O3S. The fourth-order valence-corrected chi connectivity index (χ4v) is 3.82. The van der Waals surface area contributed by atoms with Gasteiger partial charge in [-0.2, -0.15) is 0 Å². The summed E-state index contributed by atoms with van der Waals surface area (Å²) in [5.41, 5.74) is 6.57. The smallest absolute Gasteiger partial charge is 0.223 e. The zero-order valence-electron chi connectivity index (χ0n) is 12.1. The van der Waals surface area contributed by atoms with E-state index in [-0.39, 0.29) is 15.7 Å². The number of nitrogen functional groups attached to an aromatic ring is 1. The van der Waals surface area contributed by atoms with Crippen molar-refractivity contribution in [1.29, 1.82) is 0 Å². The topological polar surface area (TPSA) is 80.5 Å². The van der Waals surface area contributed by atoms with Gasteiger partial charge in [-0.15, -0.1) is 0 Å². The molecular weight excluding hydrogens is 368 g/mol. The van der Waals surface area contributed by atoms with Crippen LogP contribution in [0.15, 0.2) is 56.7 Å². The Balaban J connectivity index is 2.56. The van der Waals surface area contributed by atoms with Gasteiger partial charge in [0.25, 0.3) is 0 Å². The van der Waals surface area contributed by atoms with Gasteiger partial charge in [0.15, 0.2) is 0 Å². The summed E-state index contributed by atoms with van der Waals surface area (Å²) in [6, 6.07) is 10.6. The lowest BCUT2D eigenvalue weighted by Crippen LogP contribution is -2.23. The second kappa shape index (κ2) is 6.10. The highest BCUT2D eigenvalue weighted by Crippen LogP contribution is 2.29. The molecule has 0 aliphatic heterocycles. The predicted molar refractivity (Wildman–Crippen MR) is 89.5 cm³/mol. The van der Waals surface area contributed by atoms with Gasteiger partial charge < -0.3 is 10.6 Å². The summed E-state index contributed by atoms with van der Waals surface area (Å²) in [5, 5.41) is 0. The molecule has 0 radical (unpaired) electrons. The van der Waals surface area contributed by atoms with Crippen LogP contribution in [-0.4, -0.2) is 21.4 Å². The van der Waals surface area contributed by atoms with Crippen LogP contribution in [0, 0.1) is 0 Å². The average Bonchev–Trinajstić information content (AvgIpc) is 2.46. The van der Waals surface area contributed by atoms with Gasteiger partial charge in [0.05, 0.1) is 9.79 Å². The number of anilines is 2. The molecule has 0 bridgehead atoms. The lowest BCUT2D eigenvalue weighted by atomic mass is 10.3. The maximum atomic E-state index is 12.7. The minimum atomic E-state index is -3.68. The van der Waals surface area contributed by atoms with Crippen LogP contribution in [0.4, 0.5) is 11.4 Å². The Morgan fingerprint density at radius 2 is 1.68 bits per heavy atom. The molecule has 2 N–H and O–H groups in total. The number of nitrogens with zero attached hydrogens (tertiary/aromatic N) is 1. The summed E-state index contributed by atoms with van der Waals surface area (Å²) in [7, 11) is -2.10. The Hall–Kier alpha value is -1.86. The van der Waals surface area contributed by atoms with Crippen LogP contribution in [0.2, 0.25) is 0 Å². The maximum absolute atomic E-state index is 12.7.